The minimum atomic E-state index is -0.559. The highest BCUT2D eigenvalue weighted by atomic mass is 16.5. The van der Waals surface area contributed by atoms with E-state index in [0.717, 1.165) is 22.6 Å². The van der Waals surface area contributed by atoms with Gasteiger partial charge in [-0.2, -0.15) is 0 Å². The zero-order valence-corrected chi connectivity index (χ0v) is 17.4. The van der Waals surface area contributed by atoms with Crippen molar-refractivity contribution in [2.24, 2.45) is 0 Å². The van der Waals surface area contributed by atoms with Gasteiger partial charge in [0, 0.05) is 39.5 Å². The van der Waals surface area contributed by atoms with E-state index in [2.05, 4.69) is 0 Å². The van der Waals surface area contributed by atoms with E-state index >= 15 is 0 Å². The second kappa shape index (κ2) is 10.9. The lowest BCUT2D eigenvalue weighted by atomic mass is 10.2. The van der Waals surface area contributed by atoms with Gasteiger partial charge in [-0.15, -0.1) is 0 Å². The summed E-state index contributed by atoms with van der Waals surface area (Å²) in [6.45, 7) is 2.68. The Morgan fingerprint density at radius 2 is 1.62 bits per heavy atom. The lowest BCUT2D eigenvalue weighted by Gasteiger charge is -2.18. The van der Waals surface area contributed by atoms with Crippen LogP contribution in [0, 0.1) is 0 Å². The van der Waals surface area contributed by atoms with Crippen molar-refractivity contribution in [3.8, 4) is 5.75 Å². The third-order valence-corrected chi connectivity index (χ3v) is 4.24. The first-order valence-electron chi connectivity index (χ1n) is 9.47. The fraction of sp³-hybridized carbons (Fsp3) is 0.304. The van der Waals surface area contributed by atoms with Crippen LogP contribution in [0.15, 0.2) is 54.6 Å². The molecule has 0 heterocycles. The highest BCUT2D eigenvalue weighted by molar-refractivity contribution is 5.89. The molecule has 0 N–H and O–H groups in total. The Bertz CT molecular complexity index is 827. The van der Waals surface area contributed by atoms with Crippen LogP contribution >= 0.6 is 0 Å². The Labute approximate surface area is 172 Å². The molecule has 154 valence electrons. The van der Waals surface area contributed by atoms with Gasteiger partial charge in [-0.3, -0.25) is 4.79 Å². The molecule has 0 aromatic heterocycles. The van der Waals surface area contributed by atoms with Gasteiger partial charge in [0.1, 0.15) is 5.75 Å². The first-order chi connectivity index (χ1) is 13.9. The molecule has 29 heavy (non-hydrogen) atoms. The number of rotatable bonds is 9. The van der Waals surface area contributed by atoms with Gasteiger partial charge < -0.3 is 19.3 Å². The van der Waals surface area contributed by atoms with Gasteiger partial charge in [-0.05, 0) is 48.4 Å². The summed E-state index contributed by atoms with van der Waals surface area (Å²) < 4.78 is 10.4. The van der Waals surface area contributed by atoms with E-state index in [4.69, 9.17) is 9.47 Å². The van der Waals surface area contributed by atoms with Crippen LogP contribution in [0.3, 0.4) is 0 Å². The summed E-state index contributed by atoms with van der Waals surface area (Å²) in [4.78, 5) is 27.6. The number of ether oxygens (including phenoxy) is 2. The van der Waals surface area contributed by atoms with E-state index in [-0.39, 0.29) is 12.5 Å². The standard InChI is InChI=1S/C23H28N2O4/c1-5-28-21-13-8-18(9-14-21)10-15-23(27)29-17-22(26)25(4)16-19-6-11-20(12-7-19)24(2)3/h6-15H,5,16-17H2,1-4H3/b15-10+. The second-order valence-corrected chi connectivity index (χ2v) is 6.75. The normalized spacial score (nSPS) is 10.6. The smallest absolute Gasteiger partial charge is 0.331 e. The summed E-state index contributed by atoms with van der Waals surface area (Å²) in [7, 11) is 5.64. The zero-order chi connectivity index (χ0) is 21.2. The summed E-state index contributed by atoms with van der Waals surface area (Å²) >= 11 is 0. The molecular weight excluding hydrogens is 368 g/mol. The lowest BCUT2D eigenvalue weighted by Crippen LogP contribution is -2.30. The highest BCUT2D eigenvalue weighted by Crippen LogP contribution is 2.14. The summed E-state index contributed by atoms with van der Waals surface area (Å²) in [6, 6.07) is 15.3. The number of hydrogen-bond acceptors (Lipinski definition) is 5. The molecule has 1 amide bonds. The fourth-order valence-electron chi connectivity index (χ4n) is 2.56. The molecule has 6 nitrogen and oxygen atoms in total. The van der Waals surface area contributed by atoms with Crippen molar-refractivity contribution in [3.05, 3.63) is 65.7 Å². The Hall–Kier alpha value is -3.28. The number of esters is 1. The Morgan fingerprint density at radius 3 is 2.21 bits per heavy atom. The lowest BCUT2D eigenvalue weighted by molar-refractivity contribution is -0.147. The molecule has 2 rings (SSSR count). The number of likely N-dealkylation sites (N-methyl/N-ethyl adjacent to an activating group) is 1. The molecule has 0 saturated carbocycles. The quantitative estimate of drug-likeness (QED) is 0.480. The maximum Gasteiger partial charge on any atom is 0.331 e. The number of carbonyl (C=O) groups excluding carboxylic acids is 2. The summed E-state index contributed by atoms with van der Waals surface area (Å²) in [5, 5.41) is 0. The molecule has 0 unspecified atom stereocenters. The van der Waals surface area contributed by atoms with Gasteiger partial charge in [0.25, 0.3) is 5.91 Å². The predicted molar refractivity (Wildman–Crippen MR) is 115 cm³/mol. The Balaban J connectivity index is 1.78. The van der Waals surface area contributed by atoms with E-state index in [9.17, 15) is 9.59 Å². The minimum absolute atomic E-state index is 0.260. The topological polar surface area (TPSA) is 59.1 Å². The third-order valence-electron chi connectivity index (χ3n) is 4.24. The van der Waals surface area contributed by atoms with Crippen molar-refractivity contribution in [2.75, 3.05) is 39.3 Å². The number of anilines is 1. The molecule has 6 heteroatoms. The average Bonchev–Trinajstić information content (AvgIpc) is 2.72. The van der Waals surface area contributed by atoms with Crippen molar-refractivity contribution < 1.29 is 19.1 Å². The summed E-state index contributed by atoms with van der Waals surface area (Å²) in [6.07, 6.45) is 2.95. The fourth-order valence-corrected chi connectivity index (χ4v) is 2.56. The van der Waals surface area contributed by atoms with Crippen molar-refractivity contribution in [1.29, 1.82) is 0 Å². The van der Waals surface area contributed by atoms with E-state index in [1.165, 1.54) is 11.0 Å². The van der Waals surface area contributed by atoms with Gasteiger partial charge in [-0.1, -0.05) is 24.3 Å². The van der Waals surface area contributed by atoms with Crippen LogP contribution in [0.25, 0.3) is 6.08 Å². The molecule has 0 saturated heterocycles. The third kappa shape index (κ3) is 7.33. The zero-order valence-electron chi connectivity index (χ0n) is 17.4. The predicted octanol–water partition coefficient (Wildman–Crippen LogP) is 3.37. The van der Waals surface area contributed by atoms with Crippen molar-refractivity contribution in [2.45, 2.75) is 13.5 Å². The van der Waals surface area contributed by atoms with Crippen molar-refractivity contribution in [1.82, 2.24) is 4.90 Å². The van der Waals surface area contributed by atoms with Gasteiger partial charge in [0.05, 0.1) is 6.61 Å². The van der Waals surface area contributed by atoms with E-state index in [1.54, 1.807) is 13.1 Å². The maximum atomic E-state index is 12.2. The Kier molecular flexibility index (Phi) is 8.27. The van der Waals surface area contributed by atoms with Crippen LogP contribution < -0.4 is 9.64 Å². The van der Waals surface area contributed by atoms with Gasteiger partial charge in [0.2, 0.25) is 0 Å². The minimum Gasteiger partial charge on any atom is -0.494 e. The molecule has 0 aliphatic carbocycles. The number of hydrogen-bond donors (Lipinski definition) is 0. The van der Waals surface area contributed by atoms with Crippen molar-refractivity contribution >= 4 is 23.6 Å². The number of nitrogens with zero attached hydrogens (tertiary/aromatic N) is 2. The SMILES string of the molecule is CCOc1ccc(/C=C/C(=O)OCC(=O)N(C)Cc2ccc(N(C)C)cc2)cc1. The largest absolute Gasteiger partial charge is 0.494 e. The van der Waals surface area contributed by atoms with E-state index in [1.807, 2.05) is 74.4 Å². The number of carbonyl (C=O) groups is 2. The first kappa shape index (κ1) is 22.0. The molecular formula is C23H28N2O4. The van der Waals surface area contributed by atoms with Gasteiger partial charge >= 0.3 is 5.97 Å². The Morgan fingerprint density at radius 1 is 0.966 bits per heavy atom. The number of amides is 1. The van der Waals surface area contributed by atoms with E-state index < -0.39 is 5.97 Å². The molecule has 2 aromatic carbocycles. The molecule has 0 fully saturated rings. The van der Waals surface area contributed by atoms with Crippen LogP contribution in [-0.4, -0.2) is 51.1 Å². The first-order valence-corrected chi connectivity index (χ1v) is 9.47. The molecule has 0 radical (unpaired) electrons. The van der Waals surface area contributed by atoms with Gasteiger partial charge in [-0.25, -0.2) is 4.79 Å². The molecule has 0 bridgehead atoms. The molecule has 0 spiro atoms. The molecule has 0 aliphatic rings. The van der Waals surface area contributed by atoms with Crippen LogP contribution in [0.4, 0.5) is 5.69 Å². The summed E-state index contributed by atoms with van der Waals surface area (Å²) in [5.41, 5.74) is 2.94. The molecule has 0 aliphatic heterocycles. The van der Waals surface area contributed by atoms with Crippen LogP contribution in [-0.2, 0) is 20.9 Å². The average molecular weight is 396 g/mol. The monoisotopic (exact) mass is 396 g/mol. The van der Waals surface area contributed by atoms with Crippen LogP contribution in [0.1, 0.15) is 18.1 Å². The van der Waals surface area contributed by atoms with Crippen LogP contribution in [0.5, 0.6) is 5.75 Å². The van der Waals surface area contributed by atoms with Crippen LogP contribution in [0.2, 0.25) is 0 Å². The second-order valence-electron chi connectivity index (χ2n) is 6.75. The highest BCUT2D eigenvalue weighted by Gasteiger charge is 2.11. The number of benzene rings is 2. The van der Waals surface area contributed by atoms with Crippen molar-refractivity contribution in [3.63, 3.8) is 0 Å². The van der Waals surface area contributed by atoms with E-state index in [0.29, 0.717) is 13.2 Å². The maximum absolute atomic E-state index is 12.2. The molecule has 0 atom stereocenters. The van der Waals surface area contributed by atoms with Gasteiger partial charge in [0.15, 0.2) is 6.61 Å². The summed E-state index contributed by atoms with van der Waals surface area (Å²) in [5.74, 6) is -0.0438. The molecule has 2 aromatic rings.